The van der Waals surface area contributed by atoms with Crippen LogP contribution in [0.4, 0.5) is 11.4 Å². The fourth-order valence-corrected chi connectivity index (χ4v) is 8.59. The number of fused-ring (bicyclic) bond motifs is 6. The Balaban J connectivity index is 0.930. The molecule has 0 saturated carbocycles. The number of aromatic nitrogens is 1. The van der Waals surface area contributed by atoms with Gasteiger partial charge in [-0.1, -0.05) is 115 Å². The normalized spacial score (nSPS) is 11.5. The summed E-state index contributed by atoms with van der Waals surface area (Å²) in [5, 5.41) is 8.79. The predicted molar refractivity (Wildman–Crippen MR) is 220 cm³/mol. The molecule has 0 radical (unpaired) electrons. The van der Waals surface area contributed by atoms with Crippen LogP contribution in [0.3, 0.4) is 0 Å². The standard InChI is InChI=1S/C48H32N2S/c1-3-10-32(11-4-1)35-22-28-46-42(30-35)43-31-36(23-29-47(43)51-46)33-18-24-37(25-19-33)49-38-26-20-34(21-27-38)40-15-9-17-45-48(40)41-14-7-8-16-44(41)50(45)39-12-5-2-6-13-39/h1-31,49H. The van der Waals surface area contributed by atoms with Gasteiger partial charge in [-0.15, -0.1) is 11.3 Å². The monoisotopic (exact) mass is 668 g/mol. The number of thiophene rings is 1. The first-order chi connectivity index (χ1) is 25.3. The number of nitrogens with zero attached hydrogens (tertiary/aromatic N) is 1. The van der Waals surface area contributed by atoms with Crippen LogP contribution in [-0.2, 0) is 0 Å². The molecule has 0 atom stereocenters. The zero-order valence-corrected chi connectivity index (χ0v) is 28.6. The van der Waals surface area contributed by atoms with Gasteiger partial charge in [-0.3, -0.25) is 0 Å². The molecule has 0 aliphatic rings. The van der Waals surface area contributed by atoms with E-state index < -0.39 is 0 Å². The highest BCUT2D eigenvalue weighted by atomic mass is 32.1. The zero-order valence-electron chi connectivity index (χ0n) is 27.8. The first kappa shape index (κ1) is 29.5. The second kappa shape index (κ2) is 12.2. The Morgan fingerprint density at radius 2 is 0.902 bits per heavy atom. The molecule has 1 N–H and O–H groups in total. The molecule has 10 rings (SSSR count). The van der Waals surface area contributed by atoms with Crippen molar-refractivity contribution < 1.29 is 0 Å². The number of hydrogen-bond acceptors (Lipinski definition) is 2. The van der Waals surface area contributed by atoms with Crippen molar-refractivity contribution in [2.24, 2.45) is 0 Å². The topological polar surface area (TPSA) is 17.0 Å². The summed E-state index contributed by atoms with van der Waals surface area (Å²) in [6.45, 7) is 0. The summed E-state index contributed by atoms with van der Waals surface area (Å²) in [5.74, 6) is 0. The molecule has 0 aliphatic heterocycles. The minimum atomic E-state index is 1.06. The third-order valence-corrected chi connectivity index (χ3v) is 11.1. The van der Waals surface area contributed by atoms with E-state index in [2.05, 4.69) is 198 Å². The van der Waals surface area contributed by atoms with Gasteiger partial charge >= 0.3 is 0 Å². The molecule has 2 heterocycles. The van der Waals surface area contributed by atoms with Crippen LogP contribution >= 0.6 is 11.3 Å². The number of benzene rings is 8. The molecule has 0 saturated heterocycles. The van der Waals surface area contributed by atoms with E-state index in [1.54, 1.807) is 0 Å². The maximum Gasteiger partial charge on any atom is 0.0547 e. The van der Waals surface area contributed by atoms with Crippen LogP contribution in [0.15, 0.2) is 188 Å². The number of anilines is 2. The maximum absolute atomic E-state index is 3.62. The van der Waals surface area contributed by atoms with E-state index in [9.17, 15) is 0 Å². The molecule has 8 aromatic carbocycles. The van der Waals surface area contributed by atoms with E-state index in [0.29, 0.717) is 0 Å². The van der Waals surface area contributed by atoms with Crippen molar-refractivity contribution in [3.63, 3.8) is 0 Å². The van der Waals surface area contributed by atoms with Crippen LogP contribution in [0.2, 0.25) is 0 Å². The summed E-state index contributed by atoms with van der Waals surface area (Å²) in [6, 6.07) is 67.9. The van der Waals surface area contributed by atoms with Crippen molar-refractivity contribution in [3.8, 4) is 39.1 Å². The van der Waals surface area contributed by atoms with Crippen LogP contribution in [0.1, 0.15) is 0 Å². The van der Waals surface area contributed by atoms with E-state index in [1.165, 1.54) is 81.0 Å². The van der Waals surface area contributed by atoms with Gasteiger partial charge in [0.2, 0.25) is 0 Å². The van der Waals surface area contributed by atoms with Gasteiger partial charge in [0, 0.05) is 48.0 Å². The second-order valence-corrected chi connectivity index (χ2v) is 14.1. The second-order valence-electron chi connectivity index (χ2n) is 13.1. The summed E-state index contributed by atoms with van der Waals surface area (Å²) >= 11 is 1.86. The first-order valence-corrected chi connectivity index (χ1v) is 18.2. The summed E-state index contributed by atoms with van der Waals surface area (Å²) in [4.78, 5) is 0. The van der Waals surface area contributed by atoms with Gasteiger partial charge in [0.05, 0.1) is 11.0 Å². The van der Waals surface area contributed by atoms with Crippen molar-refractivity contribution in [1.29, 1.82) is 0 Å². The minimum absolute atomic E-state index is 1.06. The molecule has 3 heteroatoms. The average molecular weight is 669 g/mol. The quantitative estimate of drug-likeness (QED) is 0.187. The molecule has 0 spiro atoms. The molecular formula is C48H32N2S. The van der Waals surface area contributed by atoms with E-state index in [-0.39, 0.29) is 0 Å². The highest BCUT2D eigenvalue weighted by Crippen LogP contribution is 2.40. The molecule has 2 aromatic heterocycles. The largest absolute Gasteiger partial charge is 0.356 e. The van der Waals surface area contributed by atoms with Crippen molar-refractivity contribution in [2.75, 3.05) is 5.32 Å². The molecule has 240 valence electrons. The molecule has 51 heavy (non-hydrogen) atoms. The fraction of sp³-hybridized carbons (Fsp3) is 0. The Kier molecular flexibility index (Phi) is 7.04. The van der Waals surface area contributed by atoms with Gasteiger partial charge in [-0.05, 0) is 106 Å². The summed E-state index contributed by atoms with van der Waals surface area (Å²) < 4.78 is 5.01. The number of para-hydroxylation sites is 2. The maximum atomic E-state index is 3.62. The highest BCUT2D eigenvalue weighted by Gasteiger charge is 2.16. The molecular weight excluding hydrogens is 637 g/mol. The molecule has 0 aliphatic carbocycles. The van der Waals surface area contributed by atoms with Crippen molar-refractivity contribution in [3.05, 3.63) is 188 Å². The van der Waals surface area contributed by atoms with Crippen molar-refractivity contribution in [2.45, 2.75) is 0 Å². The first-order valence-electron chi connectivity index (χ1n) is 17.3. The van der Waals surface area contributed by atoms with E-state index in [4.69, 9.17) is 0 Å². The third-order valence-electron chi connectivity index (χ3n) is 9.99. The Labute approximate surface area is 300 Å². The van der Waals surface area contributed by atoms with Gasteiger partial charge in [0.15, 0.2) is 0 Å². The summed E-state index contributed by atoms with van der Waals surface area (Å²) in [6.07, 6.45) is 0. The van der Waals surface area contributed by atoms with Crippen molar-refractivity contribution >= 4 is 64.7 Å². The Hall–Kier alpha value is -6.42. The summed E-state index contributed by atoms with van der Waals surface area (Å²) in [7, 11) is 0. The number of rotatable bonds is 6. The average Bonchev–Trinajstić information content (AvgIpc) is 3.74. The van der Waals surface area contributed by atoms with E-state index in [0.717, 1.165) is 11.4 Å². The minimum Gasteiger partial charge on any atom is -0.356 e. The zero-order chi connectivity index (χ0) is 33.7. The van der Waals surface area contributed by atoms with Crippen LogP contribution < -0.4 is 5.32 Å². The molecule has 0 fully saturated rings. The molecule has 0 amide bonds. The third kappa shape index (κ3) is 5.18. The number of nitrogens with one attached hydrogen (secondary N) is 1. The molecule has 0 unspecified atom stereocenters. The number of hydrogen-bond donors (Lipinski definition) is 1. The Morgan fingerprint density at radius 1 is 0.373 bits per heavy atom. The van der Waals surface area contributed by atoms with Gasteiger partial charge < -0.3 is 9.88 Å². The highest BCUT2D eigenvalue weighted by molar-refractivity contribution is 7.25. The van der Waals surface area contributed by atoms with Gasteiger partial charge in [-0.2, -0.15) is 0 Å². The van der Waals surface area contributed by atoms with Gasteiger partial charge in [0.1, 0.15) is 0 Å². The van der Waals surface area contributed by atoms with Crippen LogP contribution in [0, 0.1) is 0 Å². The molecule has 10 aromatic rings. The fourth-order valence-electron chi connectivity index (χ4n) is 7.53. The lowest BCUT2D eigenvalue weighted by molar-refractivity contribution is 1.18. The van der Waals surface area contributed by atoms with E-state index >= 15 is 0 Å². The Morgan fingerprint density at radius 3 is 1.57 bits per heavy atom. The van der Waals surface area contributed by atoms with E-state index in [1.807, 2.05) is 11.3 Å². The molecule has 0 bridgehead atoms. The van der Waals surface area contributed by atoms with Crippen molar-refractivity contribution in [1.82, 2.24) is 4.57 Å². The molecule has 2 nitrogen and oxygen atoms in total. The predicted octanol–water partition coefficient (Wildman–Crippen LogP) is 13.9. The van der Waals surface area contributed by atoms with Crippen LogP contribution in [0.5, 0.6) is 0 Å². The lowest BCUT2D eigenvalue weighted by Crippen LogP contribution is -1.93. The lowest BCUT2D eigenvalue weighted by atomic mass is 9.99. The van der Waals surface area contributed by atoms with Gasteiger partial charge in [-0.25, -0.2) is 0 Å². The Bertz CT molecular complexity index is 2850. The summed E-state index contributed by atoms with van der Waals surface area (Å²) in [5.41, 5.74) is 13.1. The van der Waals surface area contributed by atoms with Gasteiger partial charge in [0.25, 0.3) is 0 Å². The SMILES string of the molecule is c1ccc(-c2ccc3sc4ccc(-c5ccc(Nc6ccc(-c7cccc8c7c7ccccc7n8-c7ccccc7)cc6)cc5)cc4c3c2)cc1. The smallest absolute Gasteiger partial charge is 0.0547 e. The van der Waals surface area contributed by atoms with Crippen LogP contribution in [-0.4, -0.2) is 4.57 Å². The lowest BCUT2D eigenvalue weighted by Gasteiger charge is -2.11. The van der Waals surface area contributed by atoms with Crippen LogP contribution in [0.25, 0.3) is 81.0 Å².